The van der Waals surface area contributed by atoms with Crippen molar-refractivity contribution < 1.29 is 19.6 Å². The van der Waals surface area contributed by atoms with Crippen molar-refractivity contribution in [3.8, 4) is 11.8 Å². The molecule has 4 heteroatoms. The molecule has 0 aromatic heterocycles. The Bertz CT molecular complexity index is 271. The van der Waals surface area contributed by atoms with Gasteiger partial charge in [-0.3, -0.25) is 0 Å². The molecule has 0 bridgehead atoms. The van der Waals surface area contributed by atoms with Gasteiger partial charge in [0.15, 0.2) is 11.2 Å². The first-order valence-corrected chi connectivity index (χ1v) is 7.48. The van der Waals surface area contributed by atoms with Crippen LogP contribution < -0.4 is 0 Å². The molecule has 0 aliphatic heterocycles. The van der Waals surface area contributed by atoms with Gasteiger partial charge in [0.1, 0.15) is 0 Å². The molecule has 0 saturated heterocycles. The summed E-state index contributed by atoms with van der Waals surface area (Å²) in [6, 6.07) is 0. The summed E-state index contributed by atoms with van der Waals surface area (Å²) in [6.45, 7) is 12.8. The zero-order chi connectivity index (χ0) is 15.5. The fourth-order valence-corrected chi connectivity index (χ4v) is 1.13. The van der Waals surface area contributed by atoms with E-state index in [1.165, 1.54) is 0 Å². The molecule has 0 heterocycles. The predicted octanol–water partition coefficient (Wildman–Crippen LogP) is 4.04. The van der Waals surface area contributed by atoms with Crippen LogP contribution in [-0.2, 0) is 19.6 Å². The number of unbranched alkanes of at least 4 members (excludes halogenated alkanes) is 2. The van der Waals surface area contributed by atoms with E-state index in [-0.39, 0.29) is 0 Å². The molecule has 0 N–H and O–H groups in total. The fourth-order valence-electron chi connectivity index (χ4n) is 1.13. The van der Waals surface area contributed by atoms with Crippen LogP contribution in [0.25, 0.3) is 0 Å². The Balaban J connectivity index is 4.15. The van der Waals surface area contributed by atoms with Crippen molar-refractivity contribution in [3.05, 3.63) is 0 Å². The maximum absolute atomic E-state index is 5.30. The average molecular weight is 286 g/mol. The molecule has 0 aliphatic rings. The lowest BCUT2D eigenvalue weighted by atomic mass is 10.1. The molecule has 0 rings (SSSR count). The topological polar surface area (TPSA) is 36.9 Å². The molecule has 0 fully saturated rings. The van der Waals surface area contributed by atoms with Gasteiger partial charge in [-0.05, 0) is 40.5 Å². The molecule has 0 aliphatic carbocycles. The van der Waals surface area contributed by atoms with Gasteiger partial charge in [-0.15, -0.1) is 0 Å². The first-order chi connectivity index (χ1) is 9.33. The smallest absolute Gasteiger partial charge is 0.158 e. The zero-order valence-electron chi connectivity index (χ0n) is 13.9. The summed E-state index contributed by atoms with van der Waals surface area (Å²) in [5, 5.41) is 0. The van der Waals surface area contributed by atoms with Crippen molar-refractivity contribution in [2.75, 3.05) is 13.2 Å². The van der Waals surface area contributed by atoms with E-state index in [2.05, 4.69) is 25.7 Å². The van der Waals surface area contributed by atoms with Crippen molar-refractivity contribution in [2.45, 2.75) is 78.4 Å². The van der Waals surface area contributed by atoms with Crippen LogP contribution in [0.5, 0.6) is 0 Å². The van der Waals surface area contributed by atoms with E-state index in [0.717, 1.165) is 25.7 Å². The van der Waals surface area contributed by atoms with Crippen molar-refractivity contribution >= 4 is 0 Å². The summed E-state index contributed by atoms with van der Waals surface area (Å²) in [5.74, 6) is 6.03. The summed E-state index contributed by atoms with van der Waals surface area (Å²) in [7, 11) is 0. The van der Waals surface area contributed by atoms with Gasteiger partial charge in [0, 0.05) is 0 Å². The normalized spacial score (nSPS) is 12.1. The molecule has 118 valence electrons. The second kappa shape index (κ2) is 10.2. The van der Waals surface area contributed by atoms with Gasteiger partial charge in [-0.25, -0.2) is 19.6 Å². The van der Waals surface area contributed by atoms with Gasteiger partial charge < -0.3 is 0 Å². The lowest BCUT2D eigenvalue weighted by molar-refractivity contribution is -0.340. The highest BCUT2D eigenvalue weighted by Crippen LogP contribution is 2.13. The van der Waals surface area contributed by atoms with Crippen molar-refractivity contribution in [1.29, 1.82) is 0 Å². The zero-order valence-corrected chi connectivity index (χ0v) is 13.9. The molecule has 0 unspecified atom stereocenters. The second-order valence-corrected chi connectivity index (χ2v) is 5.79. The van der Waals surface area contributed by atoms with Crippen LogP contribution in [0.2, 0.25) is 0 Å². The number of hydrogen-bond donors (Lipinski definition) is 0. The maximum Gasteiger partial charge on any atom is 0.158 e. The van der Waals surface area contributed by atoms with Gasteiger partial charge in [0.05, 0.1) is 13.2 Å². The van der Waals surface area contributed by atoms with Gasteiger partial charge in [-0.1, -0.05) is 38.5 Å². The third kappa shape index (κ3) is 11.2. The van der Waals surface area contributed by atoms with E-state index < -0.39 is 11.2 Å². The van der Waals surface area contributed by atoms with Crippen LogP contribution in [0.3, 0.4) is 0 Å². The van der Waals surface area contributed by atoms with Gasteiger partial charge in [-0.2, -0.15) is 0 Å². The minimum Gasteiger partial charge on any atom is -0.235 e. The minimum atomic E-state index is -0.669. The Morgan fingerprint density at radius 3 is 1.35 bits per heavy atom. The third-order valence-corrected chi connectivity index (χ3v) is 2.36. The third-order valence-electron chi connectivity index (χ3n) is 2.36. The molecule has 0 spiro atoms. The Hall–Kier alpha value is -0.600. The van der Waals surface area contributed by atoms with Crippen LogP contribution in [0, 0.1) is 11.8 Å². The van der Waals surface area contributed by atoms with Crippen LogP contribution in [0.4, 0.5) is 0 Å². The molecule has 20 heavy (non-hydrogen) atoms. The Morgan fingerprint density at radius 2 is 1.05 bits per heavy atom. The SMILES string of the molecule is CCCCOOC(C)(C)C#CC(C)(C)OOCCCC. The highest BCUT2D eigenvalue weighted by molar-refractivity contribution is 5.17. The molecule has 0 aromatic rings. The molecular weight excluding hydrogens is 256 g/mol. The van der Waals surface area contributed by atoms with Crippen LogP contribution >= 0.6 is 0 Å². The first kappa shape index (κ1) is 19.4. The lowest BCUT2D eigenvalue weighted by Crippen LogP contribution is -2.27. The van der Waals surface area contributed by atoms with E-state index in [1.54, 1.807) is 0 Å². The molecule has 0 aromatic carbocycles. The van der Waals surface area contributed by atoms with E-state index in [4.69, 9.17) is 19.6 Å². The molecule has 0 radical (unpaired) electrons. The Morgan fingerprint density at radius 1 is 0.700 bits per heavy atom. The summed E-state index contributed by atoms with van der Waals surface area (Å²) in [6.07, 6.45) is 4.10. The standard InChI is InChI=1S/C16H30O4/c1-7-9-13-17-19-15(3,4)11-12-16(5,6)20-18-14-10-8-2/h7-10,13-14H2,1-6H3. The van der Waals surface area contributed by atoms with Crippen LogP contribution in [0.1, 0.15) is 67.2 Å². The first-order valence-electron chi connectivity index (χ1n) is 7.48. The molecule has 0 amide bonds. The monoisotopic (exact) mass is 286 g/mol. The number of hydrogen-bond acceptors (Lipinski definition) is 4. The Labute approximate surface area is 124 Å². The Kier molecular flexibility index (Phi) is 9.87. The highest BCUT2D eigenvalue weighted by atomic mass is 17.2. The lowest BCUT2D eigenvalue weighted by Gasteiger charge is -2.20. The van der Waals surface area contributed by atoms with Crippen molar-refractivity contribution in [3.63, 3.8) is 0 Å². The molecule has 4 nitrogen and oxygen atoms in total. The van der Waals surface area contributed by atoms with E-state index in [0.29, 0.717) is 13.2 Å². The summed E-state index contributed by atoms with van der Waals surface area (Å²) >= 11 is 0. The van der Waals surface area contributed by atoms with Crippen LogP contribution in [-0.4, -0.2) is 24.4 Å². The highest BCUT2D eigenvalue weighted by Gasteiger charge is 2.21. The van der Waals surface area contributed by atoms with Gasteiger partial charge in [0.25, 0.3) is 0 Å². The van der Waals surface area contributed by atoms with Crippen molar-refractivity contribution in [1.82, 2.24) is 0 Å². The van der Waals surface area contributed by atoms with Crippen molar-refractivity contribution in [2.24, 2.45) is 0 Å². The summed E-state index contributed by atoms with van der Waals surface area (Å²) in [5.41, 5.74) is -1.34. The second-order valence-electron chi connectivity index (χ2n) is 5.79. The van der Waals surface area contributed by atoms with Gasteiger partial charge >= 0.3 is 0 Å². The summed E-state index contributed by atoms with van der Waals surface area (Å²) < 4.78 is 0. The summed E-state index contributed by atoms with van der Waals surface area (Å²) in [4.78, 5) is 20.9. The molecule has 0 atom stereocenters. The number of rotatable bonds is 10. The largest absolute Gasteiger partial charge is 0.235 e. The average Bonchev–Trinajstić information content (AvgIpc) is 2.38. The molecule has 0 saturated carbocycles. The fraction of sp³-hybridized carbons (Fsp3) is 0.875. The molecular formula is C16H30O4. The van der Waals surface area contributed by atoms with E-state index >= 15 is 0 Å². The van der Waals surface area contributed by atoms with Crippen LogP contribution in [0.15, 0.2) is 0 Å². The van der Waals surface area contributed by atoms with Gasteiger partial charge in [0.2, 0.25) is 0 Å². The van der Waals surface area contributed by atoms with E-state index in [1.807, 2.05) is 27.7 Å². The predicted molar refractivity (Wildman–Crippen MR) is 79.8 cm³/mol. The minimum absolute atomic E-state index is 0.585. The maximum atomic E-state index is 5.30. The quantitative estimate of drug-likeness (QED) is 0.263. The van der Waals surface area contributed by atoms with E-state index in [9.17, 15) is 0 Å².